The predicted octanol–water partition coefficient (Wildman–Crippen LogP) is 1.32. The molecule has 1 fully saturated rings. The topological polar surface area (TPSA) is 70.0 Å². The number of rotatable bonds is 3. The van der Waals surface area contributed by atoms with Gasteiger partial charge in [0.15, 0.2) is 0 Å². The molecule has 1 saturated heterocycles. The van der Waals surface area contributed by atoms with E-state index >= 15 is 0 Å². The van der Waals surface area contributed by atoms with Gasteiger partial charge >= 0.3 is 6.09 Å². The lowest BCUT2D eigenvalue weighted by Gasteiger charge is -2.35. The SMILES string of the molecule is O=C(O)N(Cc1ccccc1)[C@@H]1CCOC[C@H]1O. The molecular formula is C13H17NO4. The highest BCUT2D eigenvalue weighted by Gasteiger charge is 2.32. The lowest BCUT2D eigenvalue weighted by atomic mass is 10.0. The van der Waals surface area contributed by atoms with Crippen molar-refractivity contribution in [1.82, 2.24) is 4.90 Å². The summed E-state index contributed by atoms with van der Waals surface area (Å²) >= 11 is 0. The number of ether oxygens (including phenoxy) is 1. The summed E-state index contributed by atoms with van der Waals surface area (Å²) in [7, 11) is 0. The van der Waals surface area contributed by atoms with Crippen LogP contribution in [0.5, 0.6) is 0 Å². The zero-order valence-corrected chi connectivity index (χ0v) is 10.0. The molecule has 0 saturated carbocycles. The summed E-state index contributed by atoms with van der Waals surface area (Å²) in [5, 5.41) is 19.1. The molecule has 0 unspecified atom stereocenters. The van der Waals surface area contributed by atoms with Crippen LogP contribution in [0.1, 0.15) is 12.0 Å². The monoisotopic (exact) mass is 251 g/mol. The van der Waals surface area contributed by atoms with Crippen LogP contribution in [0.15, 0.2) is 30.3 Å². The Kier molecular flexibility index (Phi) is 4.17. The van der Waals surface area contributed by atoms with Crippen LogP contribution in [0.3, 0.4) is 0 Å². The van der Waals surface area contributed by atoms with E-state index in [4.69, 9.17) is 4.74 Å². The Hall–Kier alpha value is -1.59. The van der Waals surface area contributed by atoms with Crippen molar-refractivity contribution in [3.05, 3.63) is 35.9 Å². The van der Waals surface area contributed by atoms with E-state index in [0.29, 0.717) is 13.0 Å². The van der Waals surface area contributed by atoms with Crippen molar-refractivity contribution in [2.24, 2.45) is 0 Å². The molecule has 2 atom stereocenters. The number of hydrogen-bond acceptors (Lipinski definition) is 3. The lowest BCUT2D eigenvalue weighted by molar-refractivity contribution is -0.0603. The fourth-order valence-corrected chi connectivity index (χ4v) is 2.18. The molecule has 18 heavy (non-hydrogen) atoms. The van der Waals surface area contributed by atoms with Crippen molar-refractivity contribution in [2.45, 2.75) is 25.1 Å². The van der Waals surface area contributed by atoms with Crippen molar-refractivity contribution in [3.63, 3.8) is 0 Å². The Bertz CT molecular complexity index is 395. The minimum atomic E-state index is -1.01. The predicted molar refractivity (Wildman–Crippen MR) is 65.2 cm³/mol. The van der Waals surface area contributed by atoms with Gasteiger partial charge in [-0.15, -0.1) is 0 Å². The van der Waals surface area contributed by atoms with E-state index in [1.54, 1.807) is 0 Å². The summed E-state index contributed by atoms with van der Waals surface area (Å²) in [6, 6.07) is 8.99. The molecule has 2 rings (SSSR count). The number of amides is 1. The van der Waals surface area contributed by atoms with E-state index in [-0.39, 0.29) is 13.2 Å². The van der Waals surface area contributed by atoms with Crippen LogP contribution in [0, 0.1) is 0 Å². The van der Waals surface area contributed by atoms with Crippen molar-refractivity contribution in [3.8, 4) is 0 Å². The first-order valence-corrected chi connectivity index (χ1v) is 5.98. The Morgan fingerprint density at radius 2 is 2.11 bits per heavy atom. The second-order valence-corrected chi connectivity index (χ2v) is 4.39. The zero-order chi connectivity index (χ0) is 13.0. The van der Waals surface area contributed by atoms with Gasteiger partial charge in [0, 0.05) is 13.2 Å². The number of aliphatic hydroxyl groups is 1. The Morgan fingerprint density at radius 3 is 2.72 bits per heavy atom. The van der Waals surface area contributed by atoms with Gasteiger partial charge in [-0.1, -0.05) is 30.3 Å². The van der Waals surface area contributed by atoms with E-state index in [1.807, 2.05) is 30.3 Å². The summed E-state index contributed by atoms with van der Waals surface area (Å²) in [6.45, 7) is 0.974. The summed E-state index contributed by atoms with van der Waals surface area (Å²) in [5.41, 5.74) is 0.915. The second kappa shape index (κ2) is 5.84. The summed E-state index contributed by atoms with van der Waals surface area (Å²) in [6.07, 6.45) is -1.23. The van der Waals surface area contributed by atoms with E-state index in [1.165, 1.54) is 4.90 Å². The number of carboxylic acid groups (broad SMARTS) is 1. The highest BCUT2D eigenvalue weighted by Crippen LogP contribution is 2.18. The molecule has 0 aliphatic carbocycles. The molecule has 1 aromatic carbocycles. The summed E-state index contributed by atoms with van der Waals surface area (Å²) in [4.78, 5) is 12.6. The second-order valence-electron chi connectivity index (χ2n) is 4.39. The molecule has 1 amide bonds. The Morgan fingerprint density at radius 1 is 1.39 bits per heavy atom. The average Bonchev–Trinajstić information content (AvgIpc) is 2.38. The molecule has 0 bridgehead atoms. The first-order valence-electron chi connectivity index (χ1n) is 5.98. The average molecular weight is 251 g/mol. The van der Waals surface area contributed by atoms with Crippen LogP contribution in [0.25, 0.3) is 0 Å². The third-order valence-corrected chi connectivity index (χ3v) is 3.13. The van der Waals surface area contributed by atoms with Gasteiger partial charge < -0.3 is 14.9 Å². The van der Waals surface area contributed by atoms with Crippen LogP contribution in [0.4, 0.5) is 4.79 Å². The number of hydrogen-bond donors (Lipinski definition) is 2. The van der Waals surface area contributed by atoms with Gasteiger partial charge in [0.05, 0.1) is 18.8 Å². The lowest BCUT2D eigenvalue weighted by Crippen LogP contribution is -2.50. The van der Waals surface area contributed by atoms with E-state index in [9.17, 15) is 15.0 Å². The first-order chi connectivity index (χ1) is 8.68. The Balaban J connectivity index is 2.10. The van der Waals surface area contributed by atoms with Crippen molar-refractivity contribution in [1.29, 1.82) is 0 Å². The molecular weight excluding hydrogens is 234 g/mol. The van der Waals surface area contributed by atoms with E-state index in [0.717, 1.165) is 5.56 Å². The Labute approximate surface area is 106 Å². The third-order valence-electron chi connectivity index (χ3n) is 3.13. The van der Waals surface area contributed by atoms with Crippen molar-refractivity contribution < 1.29 is 19.7 Å². The van der Waals surface area contributed by atoms with Gasteiger partial charge in [-0.05, 0) is 12.0 Å². The smallest absolute Gasteiger partial charge is 0.407 e. The maximum atomic E-state index is 11.3. The van der Waals surface area contributed by atoms with Crippen molar-refractivity contribution in [2.75, 3.05) is 13.2 Å². The molecule has 2 N–H and O–H groups in total. The standard InChI is InChI=1S/C13H17NO4/c15-12-9-18-7-6-11(12)14(13(16)17)8-10-4-2-1-3-5-10/h1-5,11-12,15H,6-9H2,(H,16,17)/t11-,12-/m1/s1. The summed E-state index contributed by atoms with van der Waals surface area (Å²) < 4.78 is 5.12. The fourth-order valence-electron chi connectivity index (χ4n) is 2.18. The van der Waals surface area contributed by atoms with Gasteiger partial charge in [0.2, 0.25) is 0 Å². The highest BCUT2D eigenvalue weighted by atomic mass is 16.5. The largest absolute Gasteiger partial charge is 0.465 e. The molecule has 0 spiro atoms. The molecule has 1 aliphatic rings. The first kappa shape index (κ1) is 12.9. The van der Waals surface area contributed by atoms with Crippen molar-refractivity contribution >= 4 is 6.09 Å². The van der Waals surface area contributed by atoms with Gasteiger partial charge in [-0.3, -0.25) is 4.90 Å². The molecule has 1 aliphatic heterocycles. The number of aliphatic hydroxyl groups excluding tert-OH is 1. The van der Waals surface area contributed by atoms with E-state index in [2.05, 4.69) is 0 Å². The third kappa shape index (κ3) is 3.00. The van der Waals surface area contributed by atoms with Gasteiger partial charge in [-0.2, -0.15) is 0 Å². The van der Waals surface area contributed by atoms with Crippen LogP contribution in [-0.4, -0.2) is 46.6 Å². The molecule has 5 heteroatoms. The minimum absolute atomic E-state index is 0.198. The molecule has 5 nitrogen and oxygen atoms in total. The van der Waals surface area contributed by atoms with E-state index < -0.39 is 18.2 Å². The van der Waals surface area contributed by atoms with Crippen LogP contribution in [0.2, 0.25) is 0 Å². The molecule has 1 aromatic rings. The fraction of sp³-hybridized carbons (Fsp3) is 0.462. The molecule has 0 aromatic heterocycles. The van der Waals surface area contributed by atoms with Gasteiger partial charge in [0.25, 0.3) is 0 Å². The van der Waals surface area contributed by atoms with Crippen LogP contribution >= 0.6 is 0 Å². The number of benzene rings is 1. The van der Waals surface area contributed by atoms with Gasteiger partial charge in [0.1, 0.15) is 0 Å². The van der Waals surface area contributed by atoms with Crippen LogP contribution < -0.4 is 0 Å². The maximum Gasteiger partial charge on any atom is 0.407 e. The molecule has 98 valence electrons. The highest BCUT2D eigenvalue weighted by molar-refractivity contribution is 5.65. The van der Waals surface area contributed by atoms with Gasteiger partial charge in [-0.25, -0.2) is 4.79 Å². The molecule has 1 heterocycles. The van der Waals surface area contributed by atoms with Crippen LogP contribution in [-0.2, 0) is 11.3 Å². The number of carbonyl (C=O) groups is 1. The zero-order valence-electron chi connectivity index (χ0n) is 10.0. The molecule has 0 radical (unpaired) electrons. The minimum Gasteiger partial charge on any atom is -0.465 e. The quantitative estimate of drug-likeness (QED) is 0.850. The summed E-state index contributed by atoms with van der Waals surface area (Å²) in [5.74, 6) is 0. The maximum absolute atomic E-state index is 11.3. The normalized spacial score (nSPS) is 23.6. The number of nitrogens with zero attached hydrogens (tertiary/aromatic N) is 1.